The van der Waals surface area contributed by atoms with Crippen LogP contribution in [0.3, 0.4) is 0 Å². The van der Waals surface area contributed by atoms with Gasteiger partial charge in [-0.3, -0.25) is 9.78 Å². The molecule has 0 bridgehead atoms. The van der Waals surface area contributed by atoms with E-state index in [1.165, 1.54) is 13.0 Å². The standard InChI is InChI=1S/C23H24ClN3O3S/c1-15(31(29,30)21-5-3-17-12-19(24)4-2-18(17)13-21)23(28)27-20-8-11-26-22(14-20)16-6-9-25-10-7-16/h2-7,9-10,12-13,15,20,22,26H,8,11,14H2,1H3,(H,27,28). The second-order valence-electron chi connectivity index (χ2n) is 7.86. The molecule has 2 N–H and O–H groups in total. The van der Waals surface area contributed by atoms with Gasteiger partial charge in [0.2, 0.25) is 5.91 Å². The highest BCUT2D eigenvalue weighted by molar-refractivity contribution is 7.92. The van der Waals surface area contributed by atoms with Crippen LogP contribution in [0.15, 0.2) is 65.8 Å². The largest absolute Gasteiger partial charge is 0.352 e. The maximum absolute atomic E-state index is 13.1. The Morgan fingerprint density at radius 1 is 1.13 bits per heavy atom. The number of sulfone groups is 1. The van der Waals surface area contributed by atoms with Crippen LogP contribution in [0, 0.1) is 0 Å². The molecule has 6 nitrogen and oxygen atoms in total. The van der Waals surface area contributed by atoms with Gasteiger partial charge in [-0.05, 0) is 79.0 Å². The van der Waals surface area contributed by atoms with Gasteiger partial charge in [-0.25, -0.2) is 8.42 Å². The number of nitrogens with one attached hydrogen (secondary N) is 2. The van der Waals surface area contributed by atoms with E-state index in [9.17, 15) is 13.2 Å². The summed E-state index contributed by atoms with van der Waals surface area (Å²) in [5.74, 6) is -0.475. The molecule has 1 fully saturated rings. The average Bonchev–Trinajstić information content (AvgIpc) is 2.78. The molecule has 1 aromatic heterocycles. The number of rotatable bonds is 5. The Kier molecular flexibility index (Phi) is 6.27. The third-order valence-electron chi connectivity index (χ3n) is 5.80. The highest BCUT2D eigenvalue weighted by Crippen LogP contribution is 2.26. The van der Waals surface area contributed by atoms with Gasteiger partial charge in [0.05, 0.1) is 4.90 Å². The fraction of sp³-hybridized carbons (Fsp3) is 0.304. The summed E-state index contributed by atoms with van der Waals surface area (Å²) < 4.78 is 26.2. The summed E-state index contributed by atoms with van der Waals surface area (Å²) in [7, 11) is -3.83. The Bertz CT molecular complexity index is 1200. The minimum absolute atomic E-state index is 0.0942. The minimum Gasteiger partial charge on any atom is -0.352 e. The summed E-state index contributed by atoms with van der Waals surface area (Å²) in [6.45, 7) is 2.18. The molecule has 1 saturated heterocycles. The number of benzene rings is 2. The van der Waals surface area contributed by atoms with E-state index in [4.69, 9.17) is 11.6 Å². The number of piperidine rings is 1. The van der Waals surface area contributed by atoms with E-state index in [0.717, 1.165) is 29.3 Å². The average molecular weight is 458 g/mol. The maximum Gasteiger partial charge on any atom is 0.238 e. The molecule has 2 heterocycles. The van der Waals surface area contributed by atoms with Crippen molar-refractivity contribution in [3.8, 4) is 0 Å². The van der Waals surface area contributed by atoms with E-state index >= 15 is 0 Å². The first kappa shape index (κ1) is 21.7. The van der Waals surface area contributed by atoms with Crippen LogP contribution in [-0.2, 0) is 14.6 Å². The molecule has 0 spiro atoms. The maximum atomic E-state index is 13.1. The Morgan fingerprint density at radius 3 is 2.61 bits per heavy atom. The van der Waals surface area contributed by atoms with Gasteiger partial charge >= 0.3 is 0 Å². The van der Waals surface area contributed by atoms with Gasteiger partial charge < -0.3 is 10.6 Å². The molecule has 3 aromatic rings. The molecule has 2 aromatic carbocycles. The molecule has 1 amide bonds. The smallest absolute Gasteiger partial charge is 0.238 e. The highest BCUT2D eigenvalue weighted by atomic mass is 35.5. The highest BCUT2D eigenvalue weighted by Gasteiger charge is 2.32. The Labute approximate surface area is 186 Å². The fourth-order valence-electron chi connectivity index (χ4n) is 3.93. The zero-order valence-electron chi connectivity index (χ0n) is 17.1. The zero-order chi connectivity index (χ0) is 22.0. The second kappa shape index (κ2) is 8.94. The Balaban J connectivity index is 1.47. The molecule has 3 atom stereocenters. The monoisotopic (exact) mass is 457 g/mol. The van der Waals surface area contributed by atoms with Crippen LogP contribution in [0.2, 0.25) is 5.02 Å². The number of carbonyl (C=O) groups is 1. The topological polar surface area (TPSA) is 88.2 Å². The molecule has 4 rings (SSSR count). The summed E-state index contributed by atoms with van der Waals surface area (Å²) in [5, 5.41) is 7.39. The third kappa shape index (κ3) is 4.74. The van der Waals surface area contributed by atoms with Gasteiger partial charge in [0.1, 0.15) is 5.25 Å². The first-order chi connectivity index (χ1) is 14.8. The van der Waals surface area contributed by atoms with Crippen LogP contribution in [0.1, 0.15) is 31.4 Å². The number of aromatic nitrogens is 1. The number of pyridine rings is 1. The normalized spacial score (nSPS) is 20.3. The van der Waals surface area contributed by atoms with Crippen LogP contribution < -0.4 is 10.6 Å². The van der Waals surface area contributed by atoms with Gasteiger partial charge in [-0.15, -0.1) is 0 Å². The quantitative estimate of drug-likeness (QED) is 0.610. The van der Waals surface area contributed by atoms with Crippen molar-refractivity contribution in [3.05, 3.63) is 71.5 Å². The number of fused-ring (bicyclic) bond motifs is 1. The van der Waals surface area contributed by atoms with Crippen LogP contribution >= 0.6 is 11.6 Å². The molecule has 8 heteroatoms. The lowest BCUT2D eigenvalue weighted by molar-refractivity contribution is -0.121. The Morgan fingerprint density at radius 2 is 1.84 bits per heavy atom. The van der Waals surface area contributed by atoms with E-state index in [0.29, 0.717) is 11.4 Å². The van der Waals surface area contributed by atoms with Crippen LogP contribution in [0.5, 0.6) is 0 Å². The molecule has 1 aliphatic rings. The summed E-state index contributed by atoms with van der Waals surface area (Å²) in [6.07, 6.45) is 4.92. The first-order valence-corrected chi connectivity index (χ1v) is 12.1. The first-order valence-electron chi connectivity index (χ1n) is 10.2. The van der Waals surface area contributed by atoms with Gasteiger partial charge in [0.15, 0.2) is 9.84 Å². The van der Waals surface area contributed by atoms with Crippen molar-refractivity contribution in [3.63, 3.8) is 0 Å². The lowest BCUT2D eigenvalue weighted by Crippen LogP contribution is -2.48. The van der Waals surface area contributed by atoms with Crippen LogP contribution in [0.4, 0.5) is 0 Å². The summed E-state index contributed by atoms with van der Waals surface area (Å²) in [5.41, 5.74) is 1.10. The van der Waals surface area contributed by atoms with E-state index in [2.05, 4.69) is 15.6 Å². The van der Waals surface area contributed by atoms with Crippen molar-refractivity contribution in [1.29, 1.82) is 0 Å². The van der Waals surface area contributed by atoms with Crippen LogP contribution in [-0.4, -0.2) is 37.1 Å². The molecule has 0 aliphatic carbocycles. The van der Waals surface area contributed by atoms with Crippen molar-refractivity contribution in [2.75, 3.05) is 6.54 Å². The lowest BCUT2D eigenvalue weighted by Gasteiger charge is -2.31. The number of nitrogens with zero attached hydrogens (tertiary/aromatic N) is 1. The minimum atomic E-state index is -3.83. The molecule has 0 saturated carbocycles. The van der Waals surface area contributed by atoms with Crippen molar-refractivity contribution < 1.29 is 13.2 Å². The van der Waals surface area contributed by atoms with E-state index in [-0.39, 0.29) is 17.0 Å². The SMILES string of the molecule is CC(C(=O)NC1CCNC(c2ccncc2)C1)S(=O)(=O)c1ccc2cc(Cl)ccc2c1. The molecule has 1 aliphatic heterocycles. The number of carbonyl (C=O) groups excluding carboxylic acids is 1. The van der Waals surface area contributed by atoms with E-state index in [1.807, 2.05) is 12.1 Å². The predicted molar refractivity (Wildman–Crippen MR) is 122 cm³/mol. The fourth-order valence-corrected chi connectivity index (χ4v) is 5.42. The molecule has 162 valence electrons. The summed E-state index contributed by atoms with van der Waals surface area (Å²) in [4.78, 5) is 17.0. The Hall–Kier alpha value is -2.48. The number of hydrogen-bond donors (Lipinski definition) is 2. The van der Waals surface area contributed by atoms with Crippen molar-refractivity contribution in [1.82, 2.24) is 15.6 Å². The van der Waals surface area contributed by atoms with E-state index < -0.39 is 21.0 Å². The van der Waals surface area contributed by atoms with Gasteiger partial charge in [-0.1, -0.05) is 23.7 Å². The molecular weight excluding hydrogens is 434 g/mol. The predicted octanol–water partition coefficient (Wildman–Crippen LogP) is 3.66. The summed E-state index contributed by atoms with van der Waals surface area (Å²) >= 11 is 6.00. The number of hydrogen-bond acceptors (Lipinski definition) is 5. The van der Waals surface area contributed by atoms with Crippen molar-refractivity contribution in [2.45, 2.75) is 42.0 Å². The van der Waals surface area contributed by atoms with Crippen LogP contribution in [0.25, 0.3) is 10.8 Å². The lowest BCUT2D eigenvalue weighted by atomic mass is 9.94. The number of halogens is 1. The van der Waals surface area contributed by atoms with E-state index in [1.54, 1.807) is 42.7 Å². The third-order valence-corrected chi connectivity index (χ3v) is 8.09. The molecule has 3 unspecified atom stereocenters. The molecule has 31 heavy (non-hydrogen) atoms. The van der Waals surface area contributed by atoms with Gasteiger partial charge in [-0.2, -0.15) is 0 Å². The van der Waals surface area contributed by atoms with Gasteiger partial charge in [0.25, 0.3) is 0 Å². The summed E-state index contributed by atoms with van der Waals surface area (Å²) in [6, 6.07) is 14.0. The number of amides is 1. The van der Waals surface area contributed by atoms with Gasteiger partial charge in [0, 0.05) is 29.5 Å². The van der Waals surface area contributed by atoms with Crippen molar-refractivity contribution in [2.24, 2.45) is 0 Å². The van der Waals surface area contributed by atoms with Crippen molar-refractivity contribution >= 4 is 38.1 Å². The molecular formula is C23H24ClN3O3S. The second-order valence-corrected chi connectivity index (χ2v) is 10.6. The molecule has 0 radical (unpaired) electrons. The zero-order valence-corrected chi connectivity index (χ0v) is 18.7.